The standard InChI is InChI=1S/C24H20N2O4/c1-28-20-5-3-2-4-17(20)13-26-14-19-21(29-15-26)7-6-18-23(27)22(30-24(18)19)12-16-8-10-25-11-9-16/h2-12H,13-15H2,1H3/b22-12-. The lowest BCUT2D eigenvalue weighted by Gasteiger charge is -2.30. The van der Waals surface area contributed by atoms with Crippen LogP contribution in [0.15, 0.2) is 66.7 Å². The summed E-state index contributed by atoms with van der Waals surface area (Å²) in [6.45, 7) is 1.74. The van der Waals surface area contributed by atoms with Crippen molar-refractivity contribution in [3.8, 4) is 17.2 Å². The molecule has 6 nitrogen and oxygen atoms in total. The van der Waals surface area contributed by atoms with Gasteiger partial charge in [-0.2, -0.15) is 0 Å². The Balaban J connectivity index is 1.43. The second-order valence-corrected chi connectivity index (χ2v) is 7.21. The van der Waals surface area contributed by atoms with Crippen molar-refractivity contribution < 1.29 is 19.0 Å². The predicted molar refractivity (Wildman–Crippen MR) is 111 cm³/mol. The molecule has 0 aliphatic carbocycles. The Morgan fingerprint density at radius 3 is 2.80 bits per heavy atom. The number of nitrogens with zero attached hydrogens (tertiary/aromatic N) is 2. The van der Waals surface area contributed by atoms with Crippen LogP contribution < -0.4 is 14.2 Å². The normalized spacial score (nSPS) is 16.6. The molecule has 0 atom stereocenters. The molecule has 2 aliphatic rings. The molecule has 0 N–H and O–H groups in total. The van der Waals surface area contributed by atoms with Gasteiger partial charge >= 0.3 is 0 Å². The van der Waals surface area contributed by atoms with E-state index in [9.17, 15) is 4.79 Å². The quantitative estimate of drug-likeness (QED) is 0.616. The van der Waals surface area contributed by atoms with Crippen LogP contribution in [-0.2, 0) is 13.1 Å². The summed E-state index contributed by atoms with van der Waals surface area (Å²) < 4.78 is 17.5. The first-order valence-corrected chi connectivity index (χ1v) is 9.70. The third kappa shape index (κ3) is 3.31. The number of aromatic nitrogens is 1. The van der Waals surface area contributed by atoms with Crippen LogP contribution in [0, 0.1) is 0 Å². The van der Waals surface area contributed by atoms with Crippen molar-refractivity contribution in [1.29, 1.82) is 0 Å². The van der Waals surface area contributed by atoms with Crippen molar-refractivity contribution in [3.05, 3.63) is 88.9 Å². The van der Waals surface area contributed by atoms with Crippen LogP contribution in [-0.4, -0.2) is 29.5 Å². The lowest BCUT2D eigenvalue weighted by atomic mass is 10.0. The molecule has 0 saturated heterocycles. The van der Waals surface area contributed by atoms with Gasteiger partial charge in [0.1, 0.15) is 24.0 Å². The molecule has 0 radical (unpaired) electrons. The molecule has 0 fully saturated rings. The SMILES string of the molecule is COc1ccccc1CN1COc2ccc3c(c2C1)O/C(=C\c1ccncc1)C3=O. The van der Waals surface area contributed by atoms with E-state index in [-0.39, 0.29) is 5.78 Å². The number of carbonyl (C=O) groups is 1. The van der Waals surface area contributed by atoms with E-state index >= 15 is 0 Å². The first-order valence-electron chi connectivity index (χ1n) is 9.70. The monoisotopic (exact) mass is 400 g/mol. The molecule has 2 aliphatic heterocycles. The molecule has 0 spiro atoms. The predicted octanol–water partition coefficient (Wildman–Crippen LogP) is 4.06. The molecule has 3 aromatic rings. The van der Waals surface area contributed by atoms with Crippen LogP contribution in [0.3, 0.4) is 0 Å². The molecule has 6 heteroatoms. The molecule has 0 bridgehead atoms. The van der Waals surface area contributed by atoms with Crippen LogP contribution in [0.4, 0.5) is 0 Å². The highest BCUT2D eigenvalue weighted by Crippen LogP contribution is 2.42. The minimum atomic E-state index is -0.119. The van der Waals surface area contributed by atoms with Gasteiger partial charge in [0.05, 0.1) is 18.2 Å². The molecule has 1 aromatic heterocycles. The van der Waals surface area contributed by atoms with E-state index in [0.717, 1.165) is 28.2 Å². The molecule has 5 rings (SSSR count). The Bertz CT molecular complexity index is 1140. The Labute approximate surface area is 174 Å². The fraction of sp³-hybridized carbons (Fsp3) is 0.167. The lowest BCUT2D eigenvalue weighted by molar-refractivity contribution is 0.0865. The summed E-state index contributed by atoms with van der Waals surface area (Å²) in [4.78, 5) is 19.0. The Kier molecular flexibility index (Phi) is 4.69. The maximum absolute atomic E-state index is 12.9. The van der Waals surface area contributed by atoms with Crippen LogP contribution >= 0.6 is 0 Å². The van der Waals surface area contributed by atoms with Crippen LogP contribution in [0.5, 0.6) is 17.2 Å². The number of ketones is 1. The van der Waals surface area contributed by atoms with Crippen molar-refractivity contribution in [2.24, 2.45) is 0 Å². The van der Waals surface area contributed by atoms with E-state index in [4.69, 9.17) is 14.2 Å². The zero-order valence-corrected chi connectivity index (χ0v) is 16.5. The van der Waals surface area contributed by atoms with Gasteiger partial charge in [0.25, 0.3) is 0 Å². The second kappa shape index (κ2) is 7.65. The van der Waals surface area contributed by atoms with Gasteiger partial charge in [-0.05, 0) is 42.0 Å². The van der Waals surface area contributed by atoms with Crippen molar-refractivity contribution in [2.45, 2.75) is 13.1 Å². The topological polar surface area (TPSA) is 60.9 Å². The summed E-state index contributed by atoms with van der Waals surface area (Å²) >= 11 is 0. The number of benzene rings is 2. The van der Waals surface area contributed by atoms with E-state index in [0.29, 0.717) is 36.9 Å². The molecular formula is C24H20N2O4. The highest BCUT2D eigenvalue weighted by Gasteiger charge is 2.33. The molecule has 2 aromatic carbocycles. The van der Waals surface area contributed by atoms with Gasteiger partial charge in [0.2, 0.25) is 5.78 Å². The van der Waals surface area contributed by atoms with Crippen molar-refractivity contribution in [2.75, 3.05) is 13.8 Å². The third-order valence-electron chi connectivity index (χ3n) is 5.27. The Morgan fingerprint density at radius 1 is 1.13 bits per heavy atom. The van der Waals surface area contributed by atoms with E-state index in [1.807, 2.05) is 42.5 Å². The number of allylic oxidation sites excluding steroid dienone is 1. The number of Topliss-reactive ketones (excluding diaryl/α,β-unsaturated/α-hetero) is 1. The van der Waals surface area contributed by atoms with Crippen LogP contribution in [0.1, 0.15) is 27.0 Å². The number of hydrogen-bond donors (Lipinski definition) is 0. The van der Waals surface area contributed by atoms with E-state index in [1.165, 1.54) is 0 Å². The molecule has 0 saturated carbocycles. The second-order valence-electron chi connectivity index (χ2n) is 7.21. The van der Waals surface area contributed by atoms with Gasteiger partial charge in [-0.3, -0.25) is 14.7 Å². The molecular weight excluding hydrogens is 380 g/mol. The number of ether oxygens (including phenoxy) is 3. The maximum atomic E-state index is 12.9. The summed E-state index contributed by atoms with van der Waals surface area (Å²) in [5.41, 5.74) is 3.40. The number of methoxy groups -OCH3 is 1. The highest BCUT2D eigenvalue weighted by molar-refractivity contribution is 6.15. The van der Waals surface area contributed by atoms with E-state index in [2.05, 4.69) is 9.88 Å². The largest absolute Gasteiger partial charge is 0.496 e. The van der Waals surface area contributed by atoms with Gasteiger partial charge in [-0.1, -0.05) is 18.2 Å². The number of hydrogen-bond acceptors (Lipinski definition) is 6. The molecule has 0 amide bonds. The number of pyridine rings is 1. The first kappa shape index (κ1) is 18.4. The zero-order valence-electron chi connectivity index (χ0n) is 16.5. The van der Waals surface area contributed by atoms with Gasteiger partial charge in [-0.25, -0.2) is 0 Å². The van der Waals surface area contributed by atoms with Gasteiger partial charge in [0.15, 0.2) is 5.76 Å². The highest BCUT2D eigenvalue weighted by atomic mass is 16.5. The van der Waals surface area contributed by atoms with Gasteiger partial charge in [-0.15, -0.1) is 0 Å². The fourth-order valence-electron chi connectivity index (χ4n) is 3.79. The minimum Gasteiger partial charge on any atom is -0.496 e. The van der Waals surface area contributed by atoms with Crippen LogP contribution in [0.2, 0.25) is 0 Å². The maximum Gasteiger partial charge on any atom is 0.231 e. The number of carbonyl (C=O) groups excluding carboxylic acids is 1. The Hall–Kier alpha value is -3.64. The first-order chi connectivity index (χ1) is 14.7. The van der Waals surface area contributed by atoms with Gasteiger partial charge in [0, 0.05) is 31.0 Å². The van der Waals surface area contributed by atoms with Crippen LogP contribution in [0.25, 0.3) is 6.08 Å². The summed E-state index contributed by atoms with van der Waals surface area (Å²) in [7, 11) is 1.67. The molecule has 30 heavy (non-hydrogen) atoms. The average molecular weight is 400 g/mol. The summed E-state index contributed by atoms with van der Waals surface area (Å²) in [6, 6.07) is 15.2. The minimum absolute atomic E-state index is 0.119. The Morgan fingerprint density at radius 2 is 1.97 bits per heavy atom. The average Bonchev–Trinajstić information content (AvgIpc) is 3.10. The fourth-order valence-corrected chi connectivity index (χ4v) is 3.79. The number of rotatable bonds is 4. The summed E-state index contributed by atoms with van der Waals surface area (Å²) in [5, 5.41) is 0. The van der Waals surface area contributed by atoms with E-state index in [1.54, 1.807) is 31.6 Å². The van der Waals surface area contributed by atoms with Gasteiger partial charge < -0.3 is 14.2 Å². The van der Waals surface area contributed by atoms with E-state index < -0.39 is 0 Å². The number of fused-ring (bicyclic) bond motifs is 3. The van der Waals surface area contributed by atoms with Crippen molar-refractivity contribution in [1.82, 2.24) is 9.88 Å². The van der Waals surface area contributed by atoms with Crippen molar-refractivity contribution in [3.63, 3.8) is 0 Å². The summed E-state index contributed by atoms with van der Waals surface area (Å²) in [6.07, 6.45) is 5.11. The molecule has 0 unspecified atom stereocenters. The third-order valence-corrected chi connectivity index (χ3v) is 5.27. The lowest BCUT2D eigenvalue weighted by Crippen LogP contribution is -2.31. The number of para-hydroxylation sites is 1. The smallest absolute Gasteiger partial charge is 0.231 e. The van der Waals surface area contributed by atoms with Crippen molar-refractivity contribution >= 4 is 11.9 Å². The molecule has 3 heterocycles. The molecule has 150 valence electrons. The summed E-state index contributed by atoms with van der Waals surface area (Å²) in [5.74, 6) is 2.37. The zero-order chi connectivity index (χ0) is 20.5.